The summed E-state index contributed by atoms with van der Waals surface area (Å²) in [5.41, 5.74) is 0. The normalized spacial score (nSPS) is 12.9. The Morgan fingerprint density at radius 1 is 1.40 bits per heavy atom. The van der Waals surface area contributed by atoms with Gasteiger partial charge in [-0.25, -0.2) is 0 Å². The molecule has 0 saturated carbocycles. The topological polar surface area (TPSA) is 61.4 Å². The summed E-state index contributed by atoms with van der Waals surface area (Å²) in [6.45, 7) is 7.21. The van der Waals surface area contributed by atoms with Gasteiger partial charge in [0.05, 0.1) is 13.2 Å². The van der Waals surface area contributed by atoms with Gasteiger partial charge in [-0.15, -0.1) is 0 Å². The van der Waals surface area contributed by atoms with E-state index in [4.69, 9.17) is 5.11 Å². The van der Waals surface area contributed by atoms with Crippen LogP contribution in [0.15, 0.2) is 0 Å². The molecule has 1 unspecified atom stereocenters. The van der Waals surface area contributed by atoms with Crippen LogP contribution in [0.25, 0.3) is 0 Å². The summed E-state index contributed by atoms with van der Waals surface area (Å²) in [5.74, 6) is 0.334. The third kappa shape index (κ3) is 7.33. The van der Waals surface area contributed by atoms with Crippen LogP contribution in [0.1, 0.15) is 33.6 Å². The van der Waals surface area contributed by atoms with Gasteiger partial charge in [0.1, 0.15) is 0 Å². The number of hydrogen-bond acceptors (Lipinski definition) is 3. The van der Waals surface area contributed by atoms with Crippen LogP contribution >= 0.6 is 0 Å². The number of nitrogens with one attached hydrogen (secondary N) is 2. The van der Waals surface area contributed by atoms with Crippen LogP contribution in [-0.4, -0.2) is 36.8 Å². The van der Waals surface area contributed by atoms with Gasteiger partial charge in [0.25, 0.3) is 0 Å². The maximum Gasteiger partial charge on any atom is 0.233 e. The van der Waals surface area contributed by atoms with E-state index in [0.29, 0.717) is 5.92 Å². The molecular formula is C11H24N2O2. The highest BCUT2D eigenvalue weighted by Crippen LogP contribution is 1.99. The first-order chi connectivity index (χ1) is 7.11. The molecule has 15 heavy (non-hydrogen) atoms. The molecule has 0 aromatic rings. The molecule has 90 valence electrons. The number of aliphatic hydroxyl groups is 1. The van der Waals surface area contributed by atoms with Crippen molar-refractivity contribution in [3.8, 4) is 0 Å². The van der Waals surface area contributed by atoms with Crippen molar-refractivity contribution in [3.63, 3.8) is 0 Å². The third-order valence-electron chi connectivity index (χ3n) is 2.38. The summed E-state index contributed by atoms with van der Waals surface area (Å²) in [6, 6.07) is 0.00178. The first-order valence-electron chi connectivity index (χ1n) is 5.72. The molecule has 0 rings (SSSR count). The van der Waals surface area contributed by atoms with E-state index in [2.05, 4.69) is 17.6 Å². The maximum absolute atomic E-state index is 11.3. The maximum atomic E-state index is 11.3. The fraction of sp³-hybridized carbons (Fsp3) is 0.909. The Hall–Kier alpha value is -0.610. The molecule has 0 heterocycles. The molecule has 4 nitrogen and oxygen atoms in total. The predicted molar refractivity (Wildman–Crippen MR) is 61.6 cm³/mol. The van der Waals surface area contributed by atoms with Gasteiger partial charge in [0.15, 0.2) is 0 Å². The Labute approximate surface area is 92.4 Å². The molecule has 0 spiro atoms. The number of hydrogen-bond donors (Lipinski definition) is 3. The number of carbonyl (C=O) groups excluding carboxylic acids is 1. The zero-order valence-electron chi connectivity index (χ0n) is 10.0. The molecule has 1 atom stereocenters. The van der Waals surface area contributed by atoms with E-state index < -0.39 is 0 Å². The molecule has 0 saturated heterocycles. The average Bonchev–Trinajstić information content (AvgIpc) is 2.18. The Balaban J connectivity index is 3.59. The van der Waals surface area contributed by atoms with E-state index >= 15 is 0 Å². The van der Waals surface area contributed by atoms with Crippen LogP contribution in [0.2, 0.25) is 0 Å². The highest BCUT2D eigenvalue weighted by Gasteiger charge is 2.12. The molecule has 0 bridgehead atoms. The van der Waals surface area contributed by atoms with Crippen LogP contribution in [0.4, 0.5) is 0 Å². The zero-order chi connectivity index (χ0) is 11.7. The largest absolute Gasteiger partial charge is 0.395 e. The second-order valence-electron chi connectivity index (χ2n) is 4.12. The third-order valence-corrected chi connectivity index (χ3v) is 2.38. The quantitative estimate of drug-likeness (QED) is 0.518. The molecule has 0 aliphatic rings. The van der Waals surface area contributed by atoms with Crippen molar-refractivity contribution >= 4 is 5.91 Å². The Morgan fingerprint density at radius 2 is 2.07 bits per heavy atom. The predicted octanol–water partition coefficient (Wildman–Crippen LogP) is 0.509. The van der Waals surface area contributed by atoms with E-state index in [1.807, 2.05) is 13.8 Å². The minimum atomic E-state index is 0.00178. The average molecular weight is 216 g/mol. The number of amides is 1. The lowest BCUT2D eigenvalue weighted by Gasteiger charge is -2.19. The van der Waals surface area contributed by atoms with Crippen molar-refractivity contribution in [2.24, 2.45) is 5.92 Å². The van der Waals surface area contributed by atoms with E-state index in [0.717, 1.165) is 19.4 Å². The number of carbonyl (C=O) groups is 1. The van der Waals surface area contributed by atoms with E-state index in [1.54, 1.807) is 0 Å². The van der Waals surface area contributed by atoms with Gasteiger partial charge in [0, 0.05) is 12.6 Å². The van der Waals surface area contributed by atoms with E-state index in [-0.39, 0.29) is 25.1 Å². The van der Waals surface area contributed by atoms with Crippen molar-refractivity contribution in [2.45, 2.75) is 39.7 Å². The van der Waals surface area contributed by atoms with Crippen molar-refractivity contribution in [1.29, 1.82) is 0 Å². The smallest absolute Gasteiger partial charge is 0.233 e. The van der Waals surface area contributed by atoms with E-state index in [1.165, 1.54) is 0 Å². The molecular weight excluding hydrogens is 192 g/mol. The second kappa shape index (κ2) is 8.68. The summed E-state index contributed by atoms with van der Waals surface area (Å²) in [6.07, 6.45) is 2.10. The SMILES string of the molecule is CCCCNC(=O)CNC(CO)C(C)C. The highest BCUT2D eigenvalue weighted by molar-refractivity contribution is 5.77. The van der Waals surface area contributed by atoms with Gasteiger partial charge in [0.2, 0.25) is 5.91 Å². The lowest BCUT2D eigenvalue weighted by molar-refractivity contribution is -0.120. The Kier molecular flexibility index (Phi) is 8.33. The van der Waals surface area contributed by atoms with Gasteiger partial charge >= 0.3 is 0 Å². The van der Waals surface area contributed by atoms with Crippen LogP contribution in [0.5, 0.6) is 0 Å². The van der Waals surface area contributed by atoms with E-state index in [9.17, 15) is 4.79 Å². The molecule has 0 fully saturated rings. The summed E-state index contributed by atoms with van der Waals surface area (Å²) < 4.78 is 0. The fourth-order valence-corrected chi connectivity index (χ4v) is 1.20. The Morgan fingerprint density at radius 3 is 2.53 bits per heavy atom. The number of unbranched alkanes of at least 4 members (excludes halogenated alkanes) is 1. The van der Waals surface area contributed by atoms with Gasteiger partial charge in [-0.3, -0.25) is 4.79 Å². The molecule has 1 amide bonds. The van der Waals surface area contributed by atoms with Crippen LogP contribution in [0, 0.1) is 5.92 Å². The molecule has 0 aromatic heterocycles. The molecule has 4 heteroatoms. The lowest BCUT2D eigenvalue weighted by atomic mass is 10.1. The number of rotatable bonds is 8. The summed E-state index contributed by atoms with van der Waals surface area (Å²) in [7, 11) is 0. The Bertz CT molecular complexity index is 172. The minimum absolute atomic E-state index is 0.00178. The van der Waals surface area contributed by atoms with Crippen LogP contribution in [0.3, 0.4) is 0 Å². The van der Waals surface area contributed by atoms with Gasteiger partial charge in [-0.2, -0.15) is 0 Å². The lowest BCUT2D eigenvalue weighted by Crippen LogP contribution is -2.43. The first kappa shape index (κ1) is 14.4. The zero-order valence-corrected chi connectivity index (χ0v) is 10.0. The molecule has 0 radical (unpaired) electrons. The van der Waals surface area contributed by atoms with Crippen molar-refractivity contribution < 1.29 is 9.90 Å². The first-order valence-corrected chi connectivity index (χ1v) is 5.72. The van der Waals surface area contributed by atoms with Gasteiger partial charge < -0.3 is 15.7 Å². The van der Waals surface area contributed by atoms with Crippen molar-refractivity contribution in [1.82, 2.24) is 10.6 Å². The molecule has 0 aromatic carbocycles. The van der Waals surface area contributed by atoms with Crippen molar-refractivity contribution in [3.05, 3.63) is 0 Å². The minimum Gasteiger partial charge on any atom is -0.395 e. The fourth-order valence-electron chi connectivity index (χ4n) is 1.20. The number of aliphatic hydroxyl groups excluding tert-OH is 1. The van der Waals surface area contributed by atoms with Crippen molar-refractivity contribution in [2.75, 3.05) is 19.7 Å². The molecule has 3 N–H and O–H groups in total. The summed E-state index contributed by atoms with van der Waals surface area (Å²) in [5, 5.41) is 14.9. The van der Waals surface area contributed by atoms with Crippen LogP contribution < -0.4 is 10.6 Å². The summed E-state index contributed by atoms with van der Waals surface area (Å²) >= 11 is 0. The standard InChI is InChI=1S/C11H24N2O2/c1-4-5-6-12-11(15)7-13-10(8-14)9(2)3/h9-10,13-14H,4-8H2,1-3H3,(H,12,15). The van der Waals surface area contributed by atoms with Crippen LogP contribution in [-0.2, 0) is 4.79 Å². The van der Waals surface area contributed by atoms with Gasteiger partial charge in [-0.05, 0) is 12.3 Å². The summed E-state index contributed by atoms with van der Waals surface area (Å²) in [4.78, 5) is 11.3. The highest BCUT2D eigenvalue weighted by atomic mass is 16.3. The second-order valence-corrected chi connectivity index (χ2v) is 4.12. The monoisotopic (exact) mass is 216 g/mol. The molecule has 0 aliphatic heterocycles. The molecule has 0 aliphatic carbocycles. The van der Waals surface area contributed by atoms with Gasteiger partial charge in [-0.1, -0.05) is 27.2 Å².